The first-order valence-corrected chi connectivity index (χ1v) is 22.0. The van der Waals surface area contributed by atoms with Gasteiger partial charge in [0.05, 0.1) is 30.5 Å². The number of hydrogen-bond acceptors (Lipinski definition) is 12. The molecule has 2 aromatic carbocycles. The number of hydrogen-bond donors (Lipinski definition) is 1. The minimum absolute atomic E-state index is 0.0836. The van der Waals surface area contributed by atoms with Crippen molar-refractivity contribution in [3.63, 3.8) is 0 Å². The Labute approximate surface area is 349 Å². The zero-order chi connectivity index (χ0) is 39.9. The molecule has 14 heteroatoms. The molecule has 0 spiro atoms. The van der Waals surface area contributed by atoms with E-state index in [1.807, 2.05) is 12.4 Å². The summed E-state index contributed by atoms with van der Waals surface area (Å²) in [5.74, 6) is 5.43. The van der Waals surface area contributed by atoms with E-state index in [2.05, 4.69) is 138 Å². The molecule has 3 aliphatic heterocycles. The van der Waals surface area contributed by atoms with E-state index in [1.54, 1.807) is 6.33 Å². The third-order valence-electron chi connectivity index (χ3n) is 12.9. The van der Waals surface area contributed by atoms with Crippen LogP contribution in [-0.2, 0) is 0 Å². The van der Waals surface area contributed by atoms with Crippen LogP contribution >= 0.6 is 15.9 Å². The standard InChI is InChI=1S/C22H26BrN7.C22H28N6/c1-3-17-21-28-27-19(13(2)14-8-10-15(23)11-9-14)30(21)18-12-25-22(24)26-20(18)29(17)16-6-4-5-7-16;1-3-19-22-25-27(16(2)17-9-5-4-6-10-17)15-26(22)20-13-23-14-24-21(20)28(19)18-11-7-8-12-18/h8-13,16-17H,3-7H2,1-2H3,(H2,24,25,26);4-6,9-10,13-14,16,18-19H,3,7-8,11-12,15H2,1-2H3. The second kappa shape index (κ2) is 16.3. The second-order valence-electron chi connectivity index (χ2n) is 16.3. The molecule has 3 aromatic heterocycles. The molecule has 5 aromatic rings. The minimum atomic E-state index is 0.0836. The fourth-order valence-corrected chi connectivity index (χ4v) is 10.2. The predicted molar refractivity (Wildman–Crippen MR) is 233 cm³/mol. The molecule has 4 unspecified atom stereocenters. The van der Waals surface area contributed by atoms with Gasteiger partial charge in [-0.2, -0.15) is 10.1 Å². The molecule has 5 aliphatic rings. The zero-order valence-electron chi connectivity index (χ0n) is 34.0. The minimum Gasteiger partial charge on any atom is -0.368 e. The number of nitrogens with zero attached hydrogens (tertiary/aromatic N) is 12. The summed E-state index contributed by atoms with van der Waals surface area (Å²) in [4.78, 5) is 25.4. The van der Waals surface area contributed by atoms with E-state index < -0.39 is 0 Å². The van der Waals surface area contributed by atoms with Crippen LogP contribution in [-0.4, -0.2) is 70.3 Å². The summed E-state index contributed by atoms with van der Waals surface area (Å²) < 4.78 is 3.23. The van der Waals surface area contributed by atoms with Crippen LogP contribution in [0.25, 0.3) is 5.69 Å². The molecular formula is C44H54BrN13. The third kappa shape index (κ3) is 6.86. The molecule has 0 amide bonds. The Bertz CT molecular complexity index is 2230. The smallest absolute Gasteiger partial charge is 0.222 e. The van der Waals surface area contributed by atoms with Crippen LogP contribution in [0.4, 0.5) is 23.3 Å². The molecule has 0 radical (unpaired) electrons. The van der Waals surface area contributed by atoms with E-state index in [4.69, 9.17) is 25.9 Å². The Morgan fingerprint density at radius 2 is 1.43 bits per heavy atom. The van der Waals surface area contributed by atoms with Crippen LogP contribution in [0, 0.1) is 0 Å². The second-order valence-corrected chi connectivity index (χ2v) is 17.2. The quantitative estimate of drug-likeness (QED) is 0.161. The van der Waals surface area contributed by atoms with Gasteiger partial charge in [0.2, 0.25) is 5.95 Å². The lowest BCUT2D eigenvalue weighted by Crippen LogP contribution is -2.55. The van der Waals surface area contributed by atoms with Crippen LogP contribution in [0.2, 0.25) is 0 Å². The Hall–Kier alpha value is -5.11. The largest absolute Gasteiger partial charge is 0.368 e. The molecule has 58 heavy (non-hydrogen) atoms. The molecule has 0 saturated heterocycles. The van der Waals surface area contributed by atoms with Crippen LogP contribution in [0.15, 0.2) is 82.9 Å². The van der Waals surface area contributed by atoms with Crippen LogP contribution in [0.1, 0.15) is 133 Å². The van der Waals surface area contributed by atoms with Crippen molar-refractivity contribution >= 4 is 45.0 Å². The van der Waals surface area contributed by atoms with Crippen molar-refractivity contribution in [2.24, 2.45) is 5.10 Å². The van der Waals surface area contributed by atoms with E-state index in [9.17, 15) is 0 Å². The van der Waals surface area contributed by atoms with Gasteiger partial charge in [0.15, 0.2) is 23.3 Å². The Balaban J connectivity index is 0.000000151. The van der Waals surface area contributed by atoms with Gasteiger partial charge in [-0.3, -0.25) is 9.58 Å². The average Bonchev–Trinajstić information content (AvgIpc) is 4.11. The number of nitrogen functional groups attached to an aromatic ring is 1. The zero-order valence-corrected chi connectivity index (χ0v) is 35.6. The van der Waals surface area contributed by atoms with Crippen molar-refractivity contribution in [1.29, 1.82) is 0 Å². The molecule has 13 nitrogen and oxygen atoms in total. The van der Waals surface area contributed by atoms with E-state index in [0.717, 1.165) is 64.5 Å². The average molecular weight is 845 g/mol. The maximum absolute atomic E-state index is 6.03. The summed E-state index contributed by atoms with van der Waals surface area (Å²) in [5.41, 5.74) is 10.5. The maximum atomic E-state index is 6.03. The Morgan fingerprint density at radius 3 is 2.10 bits per heavy atom. The maximum Gasteiger partial charge on any atom is 0.222 e. The number of anilines is 4. The molecule has 2 N–H and O–H groups in total. The summed E-state index contributed by atoms with van der Waals surface area (Å²) >= 11 is 3.52. The number of hydrazone groups is 1. The van der Waals surface area contributed by atoms with Gasteiger partial charge >= 0.3 is 0 Å². The van der Waals surface area contributed by atoms with Crippen molar-refractivity contribution in [2.75, 3.05) is 27.1 Å². The highest BCUT2D eigenvalue weighted by atomic mass is 79.9. The topological polar surface area (TPSA) is 134 Å². The SMILES string of the molecule is CCC1C2=NN(C(C)c3ccccc3)CN2c2cncnc2N1C1CCCC1.CCC1c2nnc(C(C)c3ccc(Br)cc3)n2-c2cnc(N)nc2N1C1CCCC1. The van der Waals surface area contributed by atoms with Crippen molar-refractivity contribution < 1.29 is 0 Å². The normalized spacial score (nSPS) is 21.2. The van der Waals surface area contributed by atoms with Gasteiger partial charge in [0, 0.05) is 22.5 Å². The molecule has 2 fully saturated rings. The van der Waals surface area contributed by atoms with Gasteiger partial charge in [-0.15, -0.1) is 10.2 Å². The highest BCUT2D eigenvalue weighted by Gasteiger charge is 2.45. The molecular weight excluding hydrogens is 790 g/mol. The van der Waals surface area contributed by atoms with Crippen molar-refractivity contribution in [1.82, 2.24) is 39.7 Å². The van der Waals surface area contributed by atoms with E-state index >= 15 is 0 Å². The summed E-state index contributed by atoms with van der Waals surface area (Å²) in [6.07, 6.45) is 17.4. The molecule has 302 valence electrons. The van der Waals surface area contributed by atoms with Crippen molar-refractivity contribution in [3.05, 3.63) is 101 Å². The van der Waals surface area contributed by atoms with E-state index in [-0.39, 0.29) is 24.0 Å². The summed E-state index contributed by atoms with van der Waals surface area (Å²) in [5, 5.41) is 16.7. The number of rotatable bonds is 8. The van der Waals surface area contributed by atoms with Gasteiger partial charge in [-0.25, -0.2) is 15.0 Å². The summed E-state index contributed by atoms with van der Waals surface area (Å²) in [6, 6.07) is 20.7. The number of nitrogens with two attached hydrogens (primary N) is 1. The van der Waals surface area contributed by atoms with Gasteiger partial charge in [0.1, 0.15) is 30.2 Å². The predicted octanol–water partition coefficient (Wildman–Crippen LogP) is 8.94. The Morgan fingerprint density at radius 1 is 0.759 bits per heavy atom. The lowest BCUT2D eigenvalue weighted by molar-refractivity contribution is 0.245. The van der Waals surface area contributed by atoms with Gasteiger partial charge in [-0.1, -0.05) is 105 Å². The molecule has 2 aliphatic carbocycles. The third-order valence-corrected chi connectivity index (χ3v) is 13.5. The fourth-order valence-electron chi connectivity index (χ4n) is 9.90. The van der Waals surface area contributed by atoms with Crippen molar-refractivity contribution in [2.45, 2.75) is 128 Å². The first kappa shape index (κ1) is 38.4. The number of benzene rings is 2. The number of aromatic nitrogens is 7. The lowest BCUT2D eigenvalue weighted by Gasteiger charge is -2.44. The van der Waals surface area contributed by atoms with Crippen LogP contribution < -0.4 is 20.4 Å². The first-order chi connectivity index (χ1) is 28.4. The number of halogens is 1. The van der Waals surface area contributed by atoms with Gasteiger partial charge < -0.3 is 20.4 Å². The fraction of sp³-hybridized carbons (Fsp3) is 0.477. The number of amidine groups is 1. The monoisotopic (exact) mass is 843 g/mol. The molecule has 6 heterocycles. The molecule has 2 saturated carbocycles. The van der Waals surface area contributed by atoms with Crippen LogP contribution in [0.3, 0.4) is 0 Å². The summed E-state index contributed by atoms with van der Waals surface area (Å²) in [6.45, 7) is 9.63. The first-order valence-electron chi connectivity index (χ1n) is 21.2. The highest BCUT2D eigenvalue weighted by molar-refractivity contribution is 9.10. The van der Waals surface area contributed by atoms with Gasteiger partial charge in [0.25, 0.3) is 0 Å². The highest BCUT2D eigenvalue weighted by Crippen LogP contribution is 2.45. The molecule has 4 atom stereocenters. The molecule has 0 bridgehead atoms. The van der Waals surface area contributed by atoms with E-state index in [1.165, 1.54) is 62.5 Å². The summed E-state index contributed by atoms with van der Waals surface area (Å²) in [7, 11) is 0. The molecule has 10 rings (SSSR count). The van der Waals surface area contributed by atoms with Crippen LogP contribution in [0.5, 0.6) is 0 Å². The van der Waals surface area contributed by atoms with E-state index in [0.29, 0.717) is 18.0 Å². The Kier molecular flexibility index (Phi) is 10.8. The number of fused-ring (bicyclic) bond motifs is 6. The van der Waals surface area contributed by atoms with Gasteiger partial charge in [-0.05, 0) is 68.7 Å². The van der Waals surface area contributed by atoms with Crippen molar-refractivity contribution in [3.8, 4) is 5.69 Å². The lowest BCUT2D eigenvalue weighted by atomic mass is 9.99.